The number of piperazine rings is 1. The zero-order chi connectivity index (χ0) is 23.8. The van der Waals surface area contributed by atoms with Crippen molar-refractivity contribution in [3.63, 3.8) is 0 Å². The lowest BCUT2D eigenvalue weighted by Crippen LogP contribution is -2.49. The van der Waals surface area contributed by atoms with Crippen LogP contribution >= 0.6 is 0 Å². The number of amides is 1. The van der Waals surface area contributed by atoms with Crippen LogP contribution in [-0.2, 0) is 11.3 Å². The summed E-state index contributed by atoms with van der Waals surface area (Å²) in [5, 5.41) is 9.02. The second-order valence-electron chi connectivity index (χ2n) is 7.34. The number of nitrogens with zero attached hydrogens (tertiary/aromatic N) is 3. The molecule has 176 valence electrons. The predicted molar refractivity (Wildman–Crippen MR) is 113 cm³/mol. The van der Waals surface area contributed by atoms with Crippen LogP contribution in [0.15, 0.2) is 42.5 Å². The summed E-state index contributed by atoms with van der Waals surface area (Å²) in [5.41, 5.74) is 1.30. The molecular formula is C23H24F3N3O4. The fourth-order valence-corrected chi connectivity index (χ4v) is 3.41. The number of carbonyl (C=O) groups excluding carboxylic acids is 1. The van der Waals surface area contributed by atoms with Gasteiger partial charge in [0.2, 0.25) is 0 Å². The van der Waals surface area contributed by atoms with Gasteiger partial charge in [0, 0.05) is 38.8 Å². The van der Waals surface area contributed by atoms with Crippen molar-refractivity contribution in [1.29, 1.82) is 5.26 Å². The molecule has 1 saturated heterocycles. The van der Waals surface area contributed by atoms with Crippen molar-refractivity contribution in [3.8, 4) is 23.3 Å². The Morgan fingerprint density at radius 3 is 2.33 bits per heavy atom. The van der Waals surface area contributed by atoms with E-state index in [0.29, 0.717) is 56.4 Å². The molecule has 0 radical (unpaired) electrons. The fraction of sp³-hybridized carbons (Fsp3) is 0.391. The summed E-state index contributed by atoms with van der Waals surface area (Å²) in [6, 6.07) is 12.6. The SMILES string of the molecule is CCOc1cc(C#N)ccc1OCC(=O)N1CCN(Cc2ccc(OC(F)(F)F)cc2)CC1. The maximum absolute atomic E-state index is 12.6. The summed E-state index contributed by atoms with van der Waals surface area (Å²) in [7, 11) is 0. The van der Waals surface area contributed by atoms with Gasteiger partial charge in [-0.3, -0.25) is 9.69 Å². The zero-order valence-electron chi connectivity index (χ0n) is 18.1. The summed E-state index contributed by atoms with van der Waals surface area (Å²) >= 11 is 0. The Morgan fingerprint density at radius 1 is 1.03 bits per heavy atom. The molecule has 1 amide bonds. The summed E-state index contributed by atoms with van der Waals surface area (Å²) in [5.74, 6) is 0.410. The van der Waals surface area contributed by atoms with E-state index in [1.54, 1.807) is 35.2 Å². The van der Waals surface area contributed by atoms with Crippen LogP contribution in [0.1, 0.15) is 18.1 Å². The van der Waals surface area contributed by atoms with Gasteiger partial charge in [-0.25, -0.2) is 0 Å². The number of alkyl halides is 3. The minimum atomic E-state index is -4.71. The molecule has 0 N–H and O–H groups in total. The highest BCUT2D eigenvalue weighted by molar-refractivity contribution is 5.78. The summed E-state index contributed by atoms with van der Waals surface area (Å²) in [4.78, 5) is 16.4. The van der Waals surface area contributed by atoms with Gasteiger partial charge in [0.25, 0.3) is 5.91 Å². The van der Waals surface area contributed by atoms with E-state index in [2.05, 4.69) is 9.64 Å². The molecule has 0 unspecified atom stereocenters. The van der Waals surface area contributed by atoms with E-state index >= 15 is 0 Å². The Bertz CT molecular complexity index is 982. The molecule has 1 fully saturated rings. The molecule has 0 aromatic heterocycles. The number of ether oxygens (including phenoxy) is 3. The molecule has 1 aliphatic heterocycles. The molecule has 3 rings (SSSR count). The molecule has 1 heterocycles. The lowest BCUT2D eigenvalue weighted by Gasteiger charge is -2.34. The van der Waals surface area contributed by atoms with Gasteiger partial charge in [-0.05, 0) is 36.8 Å². The normalized spacial score (nSPS) is 14.5. The van der Waals surface area contributed by atoms with Crippen molar-refractivity contribution in [2.75, 3.05) is 39.4 Å². The Balaban J connectivity index is 1.46. The highest BCUT2D eigenvalue weighted by Crippen LogP contribution is 2.28. The van der Waals surface area contributed by atoms with E-state index in [4.69, 9.17) is 14.7 Å². The van der Waals surface area contributed by atoms with Crippen LogP contribution in [0, 0.1) is 11.3 Å². The quantitative estimate of drug-likeness (QED) is 0.596. The lowest BCUT2D eigenvalue weighted by molar-refractivity contribution is -0.274. The largest absolute Gasteiger partial charge is 0.573 e. The van der Waals surface area contributed by atoms with Gasteiger partial charge in [-0.1, -0.05) is 12.1 Å². The Kier molecular flexibility index (Phi) is 8.01. The lowest BCUT2D eigenvalue weighted by atomic mass is 10.2. The highest BCUT2D eigenvalue weighted by Gasteiger charge is 2.31. The third-order valence-electron chi connectivity index (χ3n) is 5.01. The van der Waals surface area contributed by atoms with Gasteiger partial charge in [0.15, 0.2) is 18.1 Å². The van der Waals surface area contributed by atoms with Crippen molar-refractivity contribution in [2.24, 2.45) is 0 Å². The van der Waals surface area contributed by atoms with E-state index in [0.717, 1.165) is 5.56 Å². The van der Waals surface area contributed by atoms with Crippen LogP contribution in [-0.4, -0.2) is 61.5 Å². The van der Waals surface area contributed by atoms with Gasteiger partial charge < -0.3 is 19.1 Å². The van der Waals surface area contributed by atoms with E-state index in [1.807, 2.05) is 13.0 Å². The standard InChI is InChI=1S/C23H24F3N3O4/c1-2-31-21-13-18(14-27)5-8-20(21)32-16-22(30)29-11-9-28(10-12-29)15-17-3-6-19(7-4-17)33-23(24,25)26/h3-8,13H,2,9-12,15-16H2,1H3. The summed E-state index contributed by atoms with van der Waals surface area (Å²) < 4.78 is 51.8. The van der Waals surface area contributed by atoms with Gasteiger partial charge in [0.1, 0.15) is 5.75 Å². The maximum atomic E-state index is 12.6. The monoisotopic (exact) mass is 463 g/mol. The maximum Gasteiger partial charge on any atom is 0.573 e. The number of hydrogen-bond donors (Lipinski definition) is 0. The molecule has 33 heavy (non-hydrogen) atoms. The average molecular weight is 463 g/mol. The minimum Gasteiger partial charge on any atom is -0.490 e. The average Bonchev–Trinajstić information content (AvgIpc) is 2.79. The van der Waals surface area contributed by atoms with Crippen LogP contribution in [0.25, 0.3) is 0 Å². The fourth-order valence-electron chi connectivity index (χ4n) is 3.41. The van der Waals surface area contributed by atoms with Crippen LogP contribution in [0.3, 0.4) is 0 Å². The molecule has 0 saturated carbocycles. The highest BCUT2D eigenvalue weighted by atomic mass is 19.4. The molecule has 7 nitrogen and oxygen atoms in total. The molecular weight excluding hydrogens is 439 g/mol. The first-order valence-electron chi connectivity index (χ1n) is 10.4. The van der Waals surface area contributed by atoms with E-state index in [1.165, 1.54) is 12.1 Å². The van der Waals surface area contributed by atoms with Gasteiger partial charge in [-0.2, -0.15) is 5.26 Å². The van der Waals surface area contributed by atoms with Crippen LogP contribution in [0.4, 0.5) is 13.2 Å². The first-order valence-corrected chi connectivity index (χ1v) is 10.4. The number of nitriles is 1. The smallest absolute Gasteiger partial charge is 0.490 e. The number of halogens is 3. The second-order valence-corrected chi connectivity index (χ2v) is 7.34. The molecule has 0 bridgehead atoms. The minimum absolute atomic E-state index is 0.146. The van der Waals surface area contributed by atoms with Crippen LogP contribution < -0.4 is 14.2 Å². The Hall–Kier alpha value is -3.45. The van der Waals surface area contributed by atoms with E-state index in [-0.39, 0.29) is 18.3 Å². The number of rotatable bonds is 8. The summed E-state index contributed by atoms with van der Waals surface area (Å²) in [6.07, 6.45) is -4.71. The predicted octanol–water partition coefficient (Wildman–Crippen LogP) is 3.58. The molecule has 1 aliphatic rings. The number of benzene rings is 2. The van der Waals surface area contributed by atoms with Gasteiger partial charge >= 0.3 is 6.36 Å². The molecule has 2 aromatic carbocycles. The van der Waals surface area contributed by atoms with E-state index < -0.39 is 6.36 Å². The first-order chi connectivity index (χ1) is 15.8. The topological polar surface area (TPSA) is 75.0 Å². The second kappa shape index (κ2) is 10.9. The molecule has 2 aromatic rings. The third kappa shape index (κ3) is 7.29. The molecule has 0 atom stereocenters. The van der Waals surface area contributed by atoms with Crippen molar-refractivity contribution in [2.45, 2.75) is 19.8 Å². The van der Waals surface area contributed by atoms with Gasteiger partial charge in [-0.15, -0.1) is 13.2 Å². The first kappa shape index (κ1) is 24.2. The van der Waals surface area contributed by atoms with Crippen molar-refractivity contribution >= 4 is 5.91 Å². The molecule has 0 spiro atoms. The van der Waals surface area contributed by atoms with Crippen LogP contribution in [0.5, 0.6) is 17.2 Å². The Morgan fingerprint density at radius 2 is 1.73 bits per heavy atom. The Labute approximate surface area is 189 Å². The van der Waals surface area contributed by atoms with Crippen molar-refractivity contribution in [1.82, 2.24) is 9.80 Å². The van der Waals surface area contributed by atoms with Crippen molar-refractivity contribution < 1.29 is 32.2 Å². The molecule has 0 aliphatic carbocycles. The van der Waals surface area contributed by atoms with Gasteiger partial charge in [0.05, 0.1) is 18.2 Å². The number of carbonyl (C=O) groups is 1. The third-order valence-corrected chi connectivity index (χ3v) is 5.01. The van der Waals surface area contributed by atoms with Crippen LogP contribution in [0.2, 0.25) is 0 Å². The van der Waals surface area contributed by atoms with E-state index in [9.17, 15) is 18.0 Å². The zero-order valence-corrected chi connectivity index (χ0v) is 18.1. The summed E-state index contributed by atoms with van der Waals surface area (Å²) in [6.45, 7) is 4.94. The molecule has 10 heteroatoms. The number of hydrogen-bond acceptors (Lipinski definition) is 6. The van der Waals surface area contributed by atoms with Crippen molar-refractivity contribution in [3.05, 3.63) is 53.6 Å².